The Labute approximate surface area is 113 Å². The molecule has 106 valence electrons. The van der Waals surface area contributed by atoms with Gasteiger partial charge >= 0.3 is 0 Å². The van der Waals surface area contributed by atoms with Gasteiger partial charge in [-0.2, -0.15) is 0 Å². The predicted molar refractivity (Wildman–Crippen MR) is 72.6 cm³/mol. The zero-order valence-electron chi connectivity index (χ0n) is 11.4. The molecule has 0 aliphatic heterocycles. The largest absolute Gasteiger partial charge is 0.330 e. The highest BCUT2D eigenvalue weighted by Gasteiger charge is 2.30. The van der Waals surface area contributed by atoms with Gasteiger partial charge < -0.3 is 5.73 Å². The van der Waals surface area contributed by atoms with Gasteiger partial charge in [-0.25, -0.2) is 8.78 Å². The van der Waals surface area contributed by atoms with Crippen LogP contribution >= 0.6 is 0 Å². The van der Waals surface area contributed by atoms with Gasteiger partial charge in [-0.1, -0.05) is 13.3 Å². The zero-order valence-corrected chi connectivity index (χ0v) is 11.4. The van der Waals surface area contributed by atoms with Gasteiger partial charge in [0.2, 0.25) is 0 Å². The van der Waals surface area contributed by atoms with Gasteiger partial charge in [0.1, 0.15) is 11.6 Å². The monoisotopic (exact) mass is 268 g/mol. The zero-order chi connectivity index (χ0) is 13.8. The van der Waals surface area contributed by atoms with E-state index in [0.29, 0.717) is 30.6 Å². The maximum atomic E-state index is 13.2. The summed E-state index contributed by atoms with van der Waals surface area (Å²) >= 11 is 0. The number of nitrogens with two attached hydrogens (primary N) is 1. The molecular weight excluding hydrogens is 246 g/mol. The number of rotatable bonds is 5. The number of benzene rings is 1. The van der Waals surface area contributed by atoms with Crippen LogP contribution in [0.1, 0.15) is 31.7 Å². The second-order valence-electron chi connectivity index (χ2n) is 5.33. The van der Waals surface area contributed by atoms with E-state index in [-0.39, 0.29) is 0 Å². The summed E-state index contributed by atoms with van der Waals surface area (Å²) in [7, 11) is 0. The van der Waals surface area contributed by atoms with Crippen molar-refractivity contribution in [1.82, 2.24) is 4.90 Å². The van der Waals surface area contributed by atoms with Gasteiger partial charge in [-0.15, -0.1) is 0 Å². The quantitative estimate of drug-likeness (QED) is 0.889. The van der Waals surface area contributed by atoms with Crippen molar-refractivity contribution in [1.29, 1.82) is 0 Å². The Morgan fingerprint density at radius 2 is 1.89 bits per heavy atom. The van der Waals surface area contributed by atoms with E-state index in [1.54, 1.807) is 0 Å². The second-order valence-corrected chi connectivity index (χ2v) is 5.33. The van der Waals surface area contributed by atoms with Crippen LogP contribution in [-0.2, 0) is 6.54 Å². The maximum Gasteiger partial charge on any atom is 0.126 e. The smallest absolute Gasteiger partial charge is 0.126 e. The summed E-state index contributed by atoms with van der Waals surface area (Å²) in [5.74, 6) is -0.501. The van der Waals surface area contributed by atoms with Crippen LogP contribution in [0.4, 0.5) is 8.78 Å². The molecule has 1 aliphatic carbocycles. The van der Waals surface area contributed by atoms with E-state index in [0.717, 1.165) is 25.5 Å². The fourth-order valence-electron chi connectivity index (χ4n) is 3.17. The molecule has 2 rings (SSSR count). The van der Waals surface area contributed by atoms with Crippen LogP contribution in [0.15, 0.2) is 18.2 Å². The van der Waals surface area contributed by atoms with Crippen molar-refractivity contribution >= 4 is 0 Å². The standard InChI is InChI=1S/C15H22F2N2/c1-2-19(15-5-3-4-12(15)9-18)10-11-6-13(16)8-14(17)7-11/h6-8,12,15H,2-5,9-10,18H2,1H3. The minimum atomic E-state index is -0.507. The van der Waals surface area contributed by atoms with Gasteiger partial charge in [0.25, 0.3) is 0 Å². The summed E-state index contributed by atoms with van der Waals surface area (Å²) in [4.78, 5) is 2.29. The Hall–Kier alpha value is -1.00. The molecule has 2 atom stereocenters. The van der Waals surface area contributed by atoms with E-state index in [4.69, 9.17) is 5.73 Å². The lowest BCUT2D eigenvalue weighted by Crippen LogP contribution is -2.39. The molecule has 1 aliphatic rings. The highest BCUT2D eigenvalue weighted by molar-refractivity contribution is 5.18. The van der Waals surface area contributed by atoms with Gasteiger partial charge in [0, 0.05) is 18.7 Å². The molecule has 1 aromatic rings. The summed E-state index contributed by atoms with van der Waals surface area (Å²) in [6.07, 6.45) is 3.49. The Balaban J connectivity index is 2.10. The first-order valence-corrected chi connectivity index (χ1v) is 7.03. The summed E-state index contributed by atoms with van der Waals surface area (Å²) in [5, 5.41) is 0. The van der Waals surface area contributed by atoms with Crippen molar-refractivity contribution in [2.24, 2.45) is 11.7 Å². The number of hydrogen-bond acceptors (Lipinski definition) is 2. The van der Waals surface area contributed by atoms with E-state index < -0.39 is 11.6 Å². The first-order valence-electron chi connectivity index (χ1n) is 7.03. The third kappa shape index (κ3) is 3.51. The first-order chi connectivity index (χ1) is 9.13. The molecule has 1 aromatic carbocycles. The van der Waals surface area contributed by atoms with Crippen molar-refractivity contribution in [2.45, 2.75) is 38.8 Å². The van der Waals surface area contributed by atoms with Gasteiger partial charge in [-0.3, -0.25) is 4.90 Å². The molecule has 2 nitrogen and oxygen atoms in total. The van der Waals surface area contributed by atoms with Gasteiger partial charge in [-0.05, 0) is 49.5 Å². The molecule has 0 radical (unpaired) electrons. The highest BCUT2D eigenvalue weighted by atomic mass is 19.1. The number of halogens is 2. The van der Waals surface area contributed by atoms with Gasteiger partial charge in [0.15, 0.2) is 0 Å². The first kappa shape index (κ1) is 14.4. The van der Waals surface area contributed by atoms with Crippen LogP contribution in [0.5, 0.6) is 0 Å². The minimum absolute atomic E-state index is 0.446. The van der Waals surface area contributed by atoms with Crippen molar-refractivity contribution in [2.75, 3.05) is 13.1 Å². The van der Waals surface area contributed by atoms with Crippen LogP contribution in [0.2, 0.25) is 0 Å². The molecule has 0 amide bonds. The number of hydrogen-bond donors (Lipinski definition) is 1. The molecule has 0 aromatic heterocycles. The number of nitrogens with zero attached hydrogens (tertiary/aromatic N) is 1. The molecule has 19 heavy (non-hydrogen) atoms. The molecule has 0 heterocycles. The molecule has 0 saturated heterocycles. The van der Waals surface area contributed by atoms with E-state index >= 15 is 0 Å². The highest BCUT2D eigenvalue weighted by Crippen LogP contribution is 2.30. The van der Waals surface area contributed by atoms with Crippen molar-refractivity contribution in [3.63, 3.8) is 0 Å². The minimum Gasteiger partial charge on any atom is -0.330 e. The van der Waals surface area contributed by atoms with E-state index in [2.05, 4.69) is 11.8 Å². The second kappa shape index (κ2) is 6.44. The predicted octanol–water partition coefficient (Wildman–Crippen LogP) is 2.91. The Kier molecular flexibility index (Phi) is 4.88. The molecular formula is C15H22F2N2. The van der Waals surface area contributed by atoms with Crippen LogP contribution in [0.3, 0.4) is 0 Å². The van der Waals surface area contributed by atoms with Crippen molar-refractivity contribution < 1.29 is 8.78 Å². The van der Waals surface area contributed by atoms with Crippen LogP contribution in [0, 0.1) is 17.6 Å². The summed E-state index contributed by atoms with van der Waals surface area (Å²) < 4.78 is 26.4. The molecule has 4 heteroatoms. The lowest BCUT2D eigenvalue weighted by Gasteiger charge is -2.31. The Morgan fingerprint density at radius 3 is 2.47 bits per heavy atom. The topological polar surface area (TPSA) is 29.3 Å². The van der Waals surface area contributed by atoms with Crippen LogP contribution in [-0.4, -0.2) is 24.0 Å². The van der Waals surface area contributed by atoms with Crippen LogP contribution in [0.25, 0.3) is 0 Å². The summed E-state index contributed by atoms with van der Waals surface area (Å²) in [5.41, 5.74) is 6.51. The van der Waals surface area contributed by atoms with E-state index in [9.17, 15) is 8.78 Å². The van der Waals surface area contributed by atoms with E-state index in [1.165, 1.54) is 18.6 Å². The third-order valence-corrected chi connectivity index (χ3v) is 4.10. The Bertz CT molecular complexity index is 402. The molecule has 1 fully saturated rings. The maximum absolute atomic E-state index is 13.2. The molecule has 1 saturated carbocycles. The molecule has 2 unspecified atom stereocenters. The SMILES string of the molecule is CCN(Cc1cc(F)cc(F)c1)C1CCCC1CN. The van der Waals surface area contributed by atoms with Crippen molar-refractivity contribution in [3.05, 3.63) is 35.4 Å². The average Bonchev–Trinajstić information content (AvgIpc) is 2.82. The lowest BCUT2D eigenvalue weighted by atomic mass is 10.0. The lowest BCUT2D eigenvalue weighted by molar-refractivity contribution is 0.162. The fraction of sp³-hybridized carbons (Fsp3) is 0.600. The van der Waals surface area contributed by atoms with Crippen molar-refractivity contribution in [3.8, 4) is 0 Å². The summed E-state index contributed by atoms with van der Waals surface area (Å²) in [6.45, 7) is 4.24. The Morgan fingerprint density at radius 1 is 1.21 bits per heavy atom. The fourth-order valence-corrected chi connectivity index (χ4v) is 3.17. The normalized spacial score (nSPS) is 23.2. The molecule has 2 N–H and O–H groups in total. The molecule has 0 spiro atoms. The van der Waals surface area contributed by atoms with E-state index in [1.807, 2.05) is 0 Å². The third-order valence-electron chi connectivity index (χ3n) is 4.10. The van der Waals surface area contributed by atoms with Gasteiger partial charge in [0.05, 0.1) is 0 Å². The van der Waals surface area contributed by atoms with Crippen LogP contribution < -0.4 is 5.73 Å². The average molecular weight is 268 g/mol. The molecule has 0 bridgehead atoms. The summed E-state index contributed by atoms with van der Waals surface area (Å²) in [6, 6.07) is 4.19.